The van der Waals surface area contributed by atoms with Gasteiger partial charge in [0.1, 0.15) is 14.8 Å². The fourth-order valence-corrected chi connectivity index (χ4v) is 1.91. The van der Waals surface area contributed by atoms with Crippen molar-refractivity contribution in [1.82, 2.24) is 0 Å². The maximum atomic E-state index is 11.8. The lowest BCUT2D eigenvalue weighted by atomic mass is 10.2. The number of ether oxygens (including phenoxy) is 1. The monoisotopic (exact) mass is 232 g/mol. The second kappa shape index (κ2) is 4.63. The molecule has 0 spiro atoms. The van der Waals surface area contributed by atoms with Crippen molar-refractivity contribution < 1.29 is 8.95 Å². The Morgan fingerprint density at radius 3 is 2.93 bits per heavy atom. The van der Waals surface area contributed by atoms with Gasteiger partial charge in [-0.15, -0.1) is 0 Å². The highest BCUT2D eigenvalue weighted by Crippen LogP contribution is 2.14. The van der Waals surface area contributed by atoms with E-state index < -0.39 is 9.92 Å². The van der Waals surface area contributed by atoms with Crippen LogP contribution in [0.1, 0.15) is 13.3 Å². The molecule has 0 radical (unpaired) electrons. The topological polar surface area (TPSA) is 103 Å². The standard InChI is InChI=1S/C8H16N4O2S/c1-6-3-4-14-8(12-6)7(5-9)15(10,13)11-2/h5-6H,3-4,9H2,1-2H3,(H2,10,11,13)/b7-5+. The van der Waals surface area contributed by atoms with Crippen LogP contribution in [-0.2, 0) is 14.7 Å². The Kier molecular flexibility index (Phi) is 3.70. The predicted molar refractivity (Wildman–Crippen MR) is 60.4 cm³/mol. The molecular weight excluding hydrogens is 216 g/mol. The van der Waals surface area contributed by atoms with Gasteiger partial charge in [-0.2, -0.15) is 0 Å². The highest BCUT2D eigenvalue weighted by molar-refractivity contribution is 7.96. The van der Waals surface area contributed by atoms with Crippen molar-refractivity contribution in [2.75, 3.05) is 13.7 Å². The Labute approximate surface area is 89.7 Å². The van der Waals surface area contributed by atoms with E-state index in [-0.39, 0.29) is 16.8 Å². The van der Waals surface area contributed by atoms with Crippen molar-refractivity contribution in [2.45, 2.75) is 19.4 Å². The summed E-state index contributed by atoms with van der Waals surface area (Å²) in [4.78, 5) is 4.36. The molecule has 1 heterocycles. The van der Waals surface area contributed by atoms with Gasteiger partial charge >= 0.3 is 0 Å². The van der Waals surface area contributed by atoms with Crippen molar-refractivity contribution >= 4 is 15.8 Å². The van der Waals surface area contributed by atoms with Crippen LogP contribution >= 0.6 is 0 Å². The van der Waals surface area contributed by atoms with E-state index in [0.717, 1.165) is 12.6 Å². The molecule has 0 bridgehead atoms. The third kappa shape index (κ3) is 2.69. The summed E-state index contributed by atoms with van der Waals surface area (Å²) in [5.41, 5.74) is 5.37. The summed E-state index contributed by atoms with van der Waals surface area (Å²) >= 11 is 0. The zero-order chi connectivity index (χ0) is 11.5. The first kappa shape index (κ1) is 12.0. The summed E-state index contributed by atoms with van der Waals surface area (Å²) in [5, 5.41) is 5.50. The predicted octanol–water partition coefficient (Wildman–Crippen LogP) is -0.0347. The molecule has 2 unspecified atom stereocenters. The number of nitrogens with two attached hydrogens (primary N) is 2. The van der Waals surface area contributed by atoms with E-state index >= 15 is 0 Å². The van der Waals surface area contributed by atoms with E-state index in [2.05, 4.69) is 9.36 Å². The van der Waals surface area contributed by atoms with Crippen LogP contribution in [0.15, 0.2) is 20.5 Å². The van der Waals surface area contributed by atoms with Gasteiger partial charge in [-0.1, -0.05) is 0 Å². The van der Waals surface area contributed by atoms with Crippen molar-refractivity contribution in [3.05, 3.63) is 11.1 Å². The Hall–Kier alpha value is -1.08. The molecule has 0 amide bonds. The Morgan fingerprint density at radius 2 is 2.47 bits per heavy atom. The van der Waals surface area contributed by atoms with Gasteiger partial charge in [0, 0.05) is 19.7 Å². The van der Waals surface area contributed by atoms with Gasteiger partial charge < -0.3 is 10.5 Å². The molecule has 1 aliphatic heterocycles. The number of hydrogen-bond donors (Lipinski definition) is 2. The molecule has 1 rings (SSSR count). The van der Waals surface area contributed by atoms with E-state index in [1.165, 1.54) is 7.05 Å². The Balaban J connectivity index is 3.11. The molecule has 0 fully saturated rings. The molecule has 7 heteroatoms. The van der Waals surface area contributed by atoms with E-state index in [1.54, 1.807) is 0 Å². The largest absolute Gasteiger partial charge is 0.477 e. The Bertz CT molecular complexity index is 407. The average molecular weight is 232 g/mol. The third-order valence-electron chi connectivity index (χ3n) is 2.06. The quantitative estimate of drug-likeness (QED) is 0.698. The van der Waals surface area contributed by atoms with Crippen molar-refractivity contribution in [3.8, 4) is 0 Å². The van der Waals surface area contributed by atoms with Crippen LogP contribution in [0.4, 0.5) is 0 Å². The van der Waals surface area contributed by atoms with E-state index in [0.29, 0.717) is 6.61 Å². The SMILES string of the molecule is CN=S(N)(=O)/C(=C/N)C1=NC(C)CCO1. The maximum Gasteiger partial charge on any atom is 0.229 e. The van der Waals surface area contributed by atoms with Crippen LogP contribution in [0.2, 0.25) is 0 Å². The highest BCUT2D eigenvalue weighted by Gasteiger charge is 2.22. The first-order valence-electron chi connectivity index (χ1n) is 4.57. The first-order chi connectivity index (χ1) is 7.01. The number of nitrogens with zero attached hydrogens (tertiary/aromatic N) is 2. The zero-order valence-corrected chi connectivity index (χ0v) is 9.66. The summed E-state index contributed by atoms with van der Waals surface area (Å²) in [6.45, 7) is 2.47. The van der Waals surface area contributed by atoms with Crippen LogP contribution in [0.5, 0.6) is 0 Å². The van der Waals surface area contributed by atoms with Crippen LogP contribution in [-0.4, -0.2) is 29.8 Å². The van der Waals surface area contributed by atoms with E-state index in [9.17, 15) is 4.21 Å². The molecule has 15 heavy (non-hydrogen) atoms. The molecule has 0 aromatic rings. The van der Waals surface area contributed by atoms with Gasteiger partial charge in [0.25, 0.3) is 0 Å². The van der Waals surface area contributed by atoms with Gasteiger partial charge in [-0.3, -0.25) is 0 Å². The van der Waals surface area contributed by atoms with Crippen molar-refractivity contribution in [1.29, 1.82) is 0 Å². The van der Waals surface area contributed by atoms with Gasteiger partial charge in [-0.25, -0.2) is 18.7 Å². The highest BCUT2D eigenvalue weighted by atomic mass is 32.2. The molecule has 4 N–H and O–H groups in total. The molecular formula is C8H16N4O2S. The summed E-state index contributed by atoms with van der Waals surface area (Å²) < 4.78 is 20.7. The fraction of sp³-hybridized carbons (Fsp3) is 0.625. The molecule has 0 aromatic heterocycles. The normalized spacial score (nSPS) is 26.2. The zero-order valence-electron chi connectivity index (χ0n) is 8.84. The number of rotatable bonds is 2. The molecule has 6 nitrogen and oxygen atoms in total. The third-order valence-corrected chi connectivity index (χ3v) is 3.54. The minimum Gasteiger partial charge on any atom is -0.477 e. The minimum absolute atomic E-state index is 0.121. The Morgan fingerprint density at radius 1 is 1.80 bits per heavy atom. The molecule has 2 atom stereocenters. The van der Waals surface area contributed by atoms with Crippen LogP contribution in [0.25, 0.3) is 0 Å². The lowest BCUT2D eigenvalue weighted by molar-refractivity contribution is 0.266. The van der Waals surface area contributed by atoms with Crippen LogP contribution in [0.3, 0.4) is 0 Å². The van der Waals surface area contributed by atoms with Gasteiger partial charge in [0.2, 0.25) is 5.90 Å². The van der Waals surface area contributed by atoms with Crippen molar-refractivity contribution in [3.63, 3.8) is 0 Å². The van der Waals surface area contributed by atoms with Crippen LogP contribution in [0, 0.1) is 0 Å². The lowest BCUT2D eigenvalue weighted by Gasteiger charge is -2.19. The van der Waals surface area contributed by atoms with Gasteiger partial charge in [-0.05, 0) is 6.92 Å². The average Bonchev–Trinajstić information content (AvgIpc) is 2.18. The first-order valence-corrected chi connectivity index (χ1v) is 6.15. The number of hydrogen-bond acceptors (Lipinski definition) is 5. The molecule has 0 aromatic carbocycles. The molecule has 0 aliphatic carbocycles. The lowest BCUT2D eigenvalue weighted by Crippen LogP contribution is -2.28. The molecule has 0 saturated heterocycles. The van der Waals surface area contributed by atoms with Gasteiger partial charge in [0.15, 0.2) is 0 Å². The molecule has 86 valence electrons. The minimum atomic E-state index is -2.98. The summed E-state index contributed by atoms with van der Waals surface area (Å²) in [6, 6.07) is 0.121. The smallest absolute Gasteiger partial charge is 0.229 e. The fourth-order valence-electron chi connectivity index (χ4n) is 1.16. The number of aliphatic imine (C=N–C) groups is 1. The molecule has 1 aliphatic rings. The van der Waals surface area contributed by atoms with Gasteiger partial charge in [0.05, 0.1) is 12.6 Å². The second-order valence-electron chi connectivity index (χ2n) is 3.20. The summed E-state index contributed by atoms with van der Waals surface area (Å²) in [6.07, 6.45) is 1.97. The van der Waals surface area contributed by atoms with Crippen molar-refractivity contribution in [2.24, 2.45) is 20.2 Å². The maximum absolute atomic E-state index is 11.8. The van der Waals surface area contributed by atoms with Crippen LogP contribution < -0.4 is 10.9 Å². The summed E-state index contributed by atoms with van der Waals surface area (Å²) in [5.74, 6) is 0.245. The summed E-state index contributed by atoms with van der Waals surface area (Å²) in [7, 11) is -1.60. The second-order valence-corrected chi connectivity index (χ2v) is 5.14. The molecule has 0 saturated carbocycles. The van der Waals surface area contributed by atoms with E-state index in [4.69, 9.17) is 15.6 Å². The van der Waals surface area contributed by atoms with E-state index in [1.807, 2.05) is 6.92 Å².